The Balaban J connectivity index is 1.46. The molecule has 4 rings (SSSR count). The van der Waals surface area contributed by atoms with Gasteiger partial charge in [-0.15, -0.1) is 0 Å². The molecule has 3 amide bonds. The summed E-state index contributed by atoms with van der Waals surface area (Å²) < 4.78 is 10.7. The Kier molecular flexibility index (Phi) is 13.8. The van der Waals surface area contributed by atoms with Crippen molar-refractivity contribution in [3.63, 3.8) is 0 Å². The molecule has 252 valence electrons. The molecule has 0 aliphatic rings. The van der Waals surface area contributed by atoms with E-state index in [0.29, 0.717) is 24.1 Å². The van der Waals surface area contributed by atoms with Gasteiger partial charge in [0.1, 0.15) is 25.6 Å². The number of hydrogen-bond acceptors (Lipinski definition) is 9. The summed E-state index contributed by atoms with van der Waals surface area (Å²) in [7, 11) is 0. The summed E-state index contributed by atoms with van der Waals surface area (Å²) in [5.74, 6) is -0.768. The highest BCUT2D eigenvalue weighted by Gasteiger charge is 2.31. The van der Waals surface area contributed by atoms with Crippen LogP contribution in [-0.4, -0.2) is 62.4 Å². The van der Waals surface area contributed by atoms with Crippen LogP contribution in [0.3, 0.4) is 0 Å². The molecule has 0 aliphatic heterocycles. The maximum absolute atomic E-state index is 13.7. The molecule has 48 heavy (non-hydrogen) atoms. The summed E-state index contributed by atoms with van der Waals surface area (Å²) in [6.07, 6.45) is 4.40. The maximum atomic E-state index is 13.7. The lowest BCUT2D eigenvalue weighted by molar-refractivity contribution is -0.125. The van der Waals surface area contributed by atoms with Crippen LogP contribution in [0.2, 0.25) is 0 Å². The number of aliphatic hydroxyl groups is 1. The second kappa shape index (κ2) is 18.7. The SMILES string of the molecule is CC(C)[C@H](NC(=O)OCc1ccccn1)C(=O)N[C@@H](Cc1ccccc1)[C@@H](O)C[C@H](Cc1ccccc1)NC(=O)OCc1cncnc1. The van der Waals surface area contributed by atoms with Gasteiger partial charge in [-0.25, -0.2) is 19.6 Å². The minimum atomic E-state index is -1.09. The molecule has 12 heteroatoms. The minimum absolute atomic E-state index is 0.0200. The largest absolute Gasteiger partial charge is 0.445 e. The first-order valence-corrected chi connectivity index (χ1v) is 15.8. The number of benzene rings is 2. The van der Waals surface area contributed by atoms with E-state index in [4.69, 9.17) is 9.47 Å². The zero-order valence-corrected chi connectivity index (χ0v) is 27.1. The third-order valence-electron chi connectivity index (χ3n) is 7.55. The van der Waals surface area contributed by atoms with Crippen molar-refractivity contribution < 1.29 is 29.0 Å². The highest BCUT2D eigenvalue weighted by molar-refractivity contribution is 5.86. The number of aromatic nitrogens is 3. The first kappa shape index (κ1) is 35.5. The molecule has 2 aromatic carbocycles. The Labute approximate surface area is 280 Å². The van der Waals surface area contributed by atoms with Crippen LogP contribution in [0.4, 0.5) is 9.59 Å². The first-order chi connectivity index (χ1) is 23.3. The number of amides is 3. The second-order valence-electron chi connectivity index (χ2n) is 11.7. The van der Waals surface area contributed by atoms with Crippen molar-refractivity contribution in [2.45, 2.75) is 70.6 Å². The number of ether oxygens (including phenoxy) is 2. The molecule has 2 aromatic heterocycles. The molecule has 12 nitrogen and oxygen atoms in total. The van der Waals surface area contributed by atoms with Gasteiger partial charge in [0.2, 0.25) is 5.91 Å². The van der Waals surface area contributed by atoms with Gasteiger partial charge in [0.15, 0.2) is 0 Å². The quantitative estimate of drug-likeness (QED) is 0.139. The van der Waals surface area contributed by atoms with E-state index in [1.54, 1.807) is 50.6 Å². The zero-order valence-electron chi connectivity index (χ0n) is 27.1. The van der Waals surface area contributed by atoms with E-state index in [2.05, 4.69) is 30.9 Å². The third kappa shape index (κ3) is 12.1. The molecular weight excluding hydrogens is 612 g/mol. The highest BCUT2D eigenvalue weighted by Crippen LogP contribution is 2.15. The fourth-order valence-electron chi connectivity index (χ4n) is 5.06. The Hall–Kier alpha value is -5.36. The van der Waals surface area contributed by atoms with Gasteiger partial charge in [-0.2, -0.15) is 0 Å². The zero-order chi connectivity index (χ0) is 34.1. The average molecular weight is 655 g/mol. The Bertz CT molecular complexity index is 1550. The van der Waals surface area contributed by atoms with Crippen LogP contribution in [0.5, 0.6) is 0 Å². The molecule has 0 saturated heterocycles. The van der Waals surface area contributed by atoms with Gasteiger partial charge in [-0.05, 0) is 48.4 Å². The molecule has 4 atom stereocenters. The number of nitrogens with zero attached hydrogens (tertiary/aromatic N) is 3. The molecule has 0 unspecified atom stereocenters. The van der Waals surface area contributed by atoms with E-state index in [9.17, 15) is 19.5 Å². The lowest BCUT2D eigenvalue weighted by Gasteiger charge is -2.30. The van der Waals surface area contributed by atoms with Crippen molar-refractivity contribution in [2.75, 3.05) is 0 Å². The number of rotatable bonds is 16. The summed E-state index contributed by atoms with van der Waals surface area (Å²) in [5, 5.41) is 20.2. The molecule has 0 radical (unpaired) electrons. The number of carbonyl (C=O) groups is 3. The van der Waals surface area contributed by atoms with Crippen molar-refractivity contribution in [2.24, 2.45) is 5.92 Å². The number of pyridine rings is 1. The van der Waals surface area contributed by atoms with E-state index in [-0.39, 0.29) is 25.6 Å². The van der Waals surface area contributed by atoms with Gasteiger partial charge in [-0.3, -0.25) is 9.78 Å². The van der Waals surface area contributed by atoms with Gasteiger partial charge in [-0.1, -0.05) is 80.6 Å². The molecular formula is C36H42N6O6. The fourth-order valence-corrected chi connectivity index (χ4v) is 5.06. The Morgan fingerprint density at radius 3 is 1.96 bits per heavy atom. The minimum Gasteiger partial charge on any atom is -0.445 e. The molecule has 0 aliphatic carbocycles. The lowest BCUT2D eigenvalue weighted by Crippen LogP contribution is -2.56. The Morgan fingerprint density at radius 2 is 1.33 bits per heavy atom. The normalized spacial score (nSPS) is 13.4. The van der Waals surface area contributed by atoms with Gasteiger partial charge < -0.3 is 30.5 Å². The van der Waals surface area contributed by atoms with E-state index >= 15 is 0 Å². The molecule has 4 N–H and O–H groups in total. The van der Waals surface area contributed by atoms with Crippen molar-refractivity contribution in [3.8, 4) is 0 Å². The number of aliphatic hydroxyl groups excluding tert-OH is 1. The summed E-state index contributed by atoms with van der Waals surface area (Å²) in [6, 6.07) is 22.0. The predicted molar refractivity (Wildman–Crippen MR) is 178 cm³/mol. The molecule has 0 bridgehead atoms. The maximum Gasteiger partial charge on any atom is 0.408 e. The van der Waals surface area contributed by atoms with Crippen LogP contribution in [-0.2, 0) is 40.3 Å². The predicted octanol–water partition coefficient (Wildman–Crippen LogP) is 4.14. The average Bonchev–Trinajstić information content (AvgIpc) is 3.10. The van der Waals surface area contributed by atoms with Crippen molar-refractivity contribution in [1.82, 2.24) is 30.9 Å². The fraction of sp³-hybridized carbons (Fsp3) is 0.333. The van der Waals surface area contributed by atoms with E-state index in [1.807, 2.05) is 60.7 Å². The van der Waals surface area contributed by atoms with Crippen LogP contribution < -0.4 is 16.0 Å². The summed E-state index contributed by atoms with van der Waals surface area (Å²) >= 11 is 0. The number of alkyl carbamates (subject to hydrolysis) is 2. The van der Waals surface area contributed by atoms with E-state index < -0.39 is 42.3 Å². The van der Waals surface area contributed by atoms with Crippen LogP contribution >= 0.6 is 0 Å². The molecule has 0 fully saturated rings. The number of carbonyl (C=O) groups excluding carboxylic acids is 3. The molecule has 0 saturated carbocycles. The van der Waals surface area contributed by atoms with Gasteiger partial charge >= 0.3 is 12.2 Å². The Morgan fingerprint density at radius 1 is 0.729 bits per heavy atom. The van der Waals surface area contributed by atoms with Gasteiger partial charge in [0, 0.05) is 30.2 Å². The second-order valence-corrected chi connectivity index (χ2v) is 11.7. The molecule has 0 spiro atoms. The van der Waals surface area contributed by atoms with Crippen LogP contribution in [0.15, 0.2) is 104 Å². The number of hydrogen-bond donors (Lipinski definition) is 4. The van der Waals surface area contributed by atoms with E-state index in [1.165, 1.54) is 6.33 Å². The summed E-state index contributed by atoms with van der Waals surface area (Å²) in [5.41, 5.74) is 3.04. The molecule has 2 heterocycles. The first-order valence-electron chi connectivity index (χ1n) is 15.8. The van der Waals surface area contributed by atoms with Gasteiger partial charge in [0.05, 0.1) is 17.8 Å². The number of nitrogens with one attached hydrogen (secondary N) is 3. The summed E-state index contributed by atoms with van der Waals surface area (Å²) in [4.78, 5) is 51.2. The van der Waals surface area contributed by atoms with Crippen molar-refractivity contribution >= 4 is 18.1 Å². The smallest absolute Gasteiger partial charge is 0.408 e. The molecule has 4 aromatic rings. The van der Waals surface area contributed by atoms with Crippen molar-refractivity contribution in [1.29, 1.82) is 0 Å². The lowest BCUT2D eigenvalue weighted by atomic mass is 9.93. The summed E-state index contributed by atoms with van der Waals surface area (Å²) in [6.45, 7) is 3.54. The van der Waals surface area contributed by atoms with Gasteiger partial charge in [0.25, 0.3) is 0 Å². The van der Waals surface area contributed by atoms with Crippen LogP contribution in [0, 0.1) is 5.92 Å². The van der Waals surface area contributed by atoms with Crippen LogP contribution in [0.1, 0.15) is 42.7 Å². The monoisotopic (exact) mass is 654 g/mol. The topological polar surface area (TPSA) is 165 Å². The van der Waals surface area contributed by atoms with Crippen LogP contribution in [0.25, 0.3) is 0 Å². The van der Waals surface area contributed by atoms with Crippen molar-refractivity contribution in [3.05, 3.63) is 126 Å². The standard InChI is InChI=1S/C36H42N6O6/c1-25(2)33(42-36(46)48-23-29-15-9-10-16-39-29)34(44)41-31(18-27-13-7-4-8-14-27)32(43)19-30(17-26-11-5-3-6-12-26)40-35(45)47-22-28-20-37-24-38-21-28/h3-16,20-21,24-25,30-33,43H,17-19,22-23H2,1-2H3,(H,40,45)(H,41,44)(H,42,46)/t30-,31-,32-,33-/m0/s1. The highest BCUT2D eigenvalue weighted by atomic mass is 16.6. The third-order valence-corrected chi connectivity index (χ3v) is 7.55. The van der Waals surface area contributed by atoms with E-state index in [0.717, 1.165) is 11.1 Å².